The molecular weight excluding hydrogens is 238 g/mol. The van der Waals surface area contributed by atoms with E-state index < -0.39 is 0 Å². The van der Waals surface area contributed by atoms with Crippen molar-refractivity contribution < 1.29 is 4.74 Å². The molecule has 1 N–H and O–H groups in total. The van der Waals surface area contributed by atoms with Gasteiger partial charge in [0, 0.05) is 37.5 Å². The van der Waals surface area contributed by atoms with E-state index in [9.17, 15) is 0 Å². The van der Waals surface area contributed by atoms with Gasteiger partial charge in [-0.1, -0.05) is 18.2 Å². The first-order chi connectivity index (χ1) is 9.26. The van der Waals surface area contributed by atoms with E-state index in [1.165, 1.54) is 5.56 Å². The van der Waals surface area contributed by atoms with Gasteiger partial charge in [-0.15, -0.1) is 0 Å². The lowest BCUT2D eigenvalue weighted by molar-refractivity contribution is 0.331. The fourth-order valence-electron chi connectivity index (χ4n) is 2.20. The van der Waals surface area contributed by atoms with Crippen molar-refractivity contribution in [2.75, 3.05) is 13.7 Å². The molecule has 1 heterocycles. The number of likely N-dealkylation sites (N-methyl/N-ethyl adjacent to an activating group) is 1. The molecule has 0 spiro atoms. The Kier molecular flexibility index (Phi) is 4.58. The molecule has 2 aromatic rings. The first-order valence-corrected chi connectivity index (χ1v) is 6.61. The van der Waals surface area contributed by atoms with Crippen LogP contribution in [0.25, 0.3) is 0 Å². The van der Waals surface area contributed by atoms with E-state index in [4.69, 9.17) is 4.74 Å². The van der Waals surface area contributed by atoms with E-state index in [-0.39, 0.29) is 6.04 Å². The summed E-state index contributed by atoms with van der Waals surface area (Å²) in [6, 6.07) is 8.36. The number of aromatic nitrogens is 2. The molecule has 0 fully saturated rings. The summed E-state index contributed by atoms with van der Waals surface area (Å²) in [5.74, 6) is 2.00. The molecule has 0 aliphatic heterocycles. The van der Waals surface area contributed by atoms with Gasteiger partial charge in [0.2, 0.25) is 0 Å². The lowest BCUT2D eigenvalue weighted by atomic mass is 10.0. The highest BCUT2D eigenvalue weighted by molar-refractivity contribution is 5.36. The Morgan fingerprint density at radius 2 is 2.16 bits per heavy atom. The average molecular weight is 259 g/mol. The van der Waals surface area contributed by atoms with Crippen molar-refractivity contribution in [3.8, 4) is 5.75 Å². The molecule has 4 heteroatoms. The number of aryl methyl sites for hydroxylation is 1. The zero-order chi connectivity index (χ0) is 13.7. The molecule has 0 saturated carbocycles. The molecule has 102 valence electrons. The van der Waals surface area contributed by atoms with Gasteiger partial charge in [-0.3, -0.25) is 0 Å². The van der Waals surface area contributed by atoms with Gasteiger partial charge in [0.05, 0.1) is 6.61 Å². The summed E-state index contributed by atoms with van der Waals surface area (Å²) < 4.78 is 7.75. The van der Waals surface area contributed by atoms with Gasteiger partial charge in [-0.05, 0) is 20.0 Å². The van der Waals surface area contributed by atoms with Gasteiger partial charge in [-0.2, -0.15) is 0 Å². The number of nitrogens with one attached hydrogen (secondary N) is 1. The second-order valence-electron chi connectivity index (χ2n) is 4.47. The molecule has 19 heavy (non-hydrogen) atoms. The number of imidazole rings is 1. The van der Waals surface area contributed by atoms with Crippen molar-refractivity contribution >= 4 is 0 Å². The second-order valence-corrected chi connectivity index (χ2v) is 4.47. The molecule has 0 amide bonds. The maximum Gasteiger partial charge on any atom is 0.124 e. The number of hydrogen-bond donors (Lipinski definition) is 1. The molecule has 4 nitrogen and oxygen atoms in total. The van der Waals surface area contributed by atoms with Crippen molar-refractivity contribution in [2.24, 2.45) is 7.05 Å². The van der Waals surface area contributed by atoms with Crippen molar-refractivity contribution in [3.05, 3.63) is 48.0 Å². The number of benzene rings is 1. The lowest BCUT2D eigenvalue weighted by Gasteiger charge is -2.19. The molecule has 0 aliphatic rings. The van der Waals surface area contributed by atoms with Crippen LogP contribution in [0.15, 0.2) is 36.7 Å². The van der Waals surface area contributed by atoms with Crippen LogP contribution in [0.5, 0.6) is 5.75 Å². The number of ether oxygens (including phenoxy) is 1. The highest BCUT2D eigenvalue weighted by Gasteiger charge is 2.16. The molecule has 0 bridgehead atoms. The fourth-order valence-corrected chi connectivity index (χ4v) is 2.20. The van der Waals surface area contributed by atoms with Crippen molar-refractivity contribution in [1.29, 1.82) is 0 Å². The third kappa shape index (κ3) is 3.15. The Balaban J connectivity index is 2.24. The van der Waals surface area contributed by atoms with Crippen LogP contribution >= 0.6 is 0 Å². The second kappa shape index (κ2) is 6.38. The van der Waals surface area contributed by atoms with Gasteiger partial charge in [0.25, 0.3) is 0 Å². The molecule has 1 aromatic carbocycles. The third-order valence-electron chi connectivity index (χ3n) is 3.25. The van der Waals surface area contributed by atoms with Crippen LogP contribution in [0.2, 0.25) is 0 Å². The minimum Gasteiger partial charge on any atom is -0.494 e. The van der Waals surface area contributed by atoms with Crippen LogP contribution in [0.4, 0.5) is 0 Å². The first kappa shape index (κ1) is 13.6. The number of para-hydroxylation sites is 1. The number of nitrogens with zero attached hydrogens (tertiary/aromatic N) is 2. The highest BCUT2D eigenvalue weighted by atomic mass is 16.5. The summed E-state index contributed by atoms with van der Waals surface area (Å²) in [7, 11) is 3.99. The van der Waals surface area contributed by atoms with E-state index in [0.29, 0.717) is 6.61 Å². The first-order valence-electron chi connectivity index (χ1n) is 6.61. The maximum atomic E-state index is 5.70. The van der Waals surface area contributed by atoms with E-state index in [2.05, 4.69) is 16.4 Å². The summed E-state index contributed by atoms with van der Waals surface area (Å²) in [5.41, 5.74) is 1.18. The lowest BCUT2D eigenvalue weighted by Crippen LogP contribution is -2.21. The van der Waals surface area contributed by atoms with Crippen LogP contribution in [0.1, 0.15) is 24.4 Å². The Morgan fingerprint density at radius 3 is 2.79 bits per heavy atom. The van der Waals surface area contributed by atoms with Crippen LogP contribution in [0, 0.1) is 0 Å². The largest absolute Gasteiger partial charge is 0.494 e. The van der Waals surface area contributed by atoms with E-state index in [0.717, 1.165) is 18.0 Å². The Hall–Kier alpha value is -1.81. The van der Waals surface area contributed by atoms with Crippen LogP contribution in [0.3, 0.4) is 0 Å². The van der Waals surface area contributed by atoms with Crippen LogP contribution in [-0.2, 0) is 13.5 Å². The number of rotatable bonds is 6. The predicted octanol–water partition coefficient (Wildman–Crippen LogP) is 2.32. The number of hydrogen-bond acceptors (Lipinski definition) is 3. The van der Waals surface area contributed by atoms with Crippen LogP contribution < -0.4 is 10.1 Å². The standard InChI is InChI=1S/C15H21N3O/c1-4-19-14-8-6-5-7-12(14)13(16-2)11-15-17-9-10-18(15)3/h5-10,13,16H,4,11H2,1-3H3. The zero-order valence-corrected chi connectivity index (χ0v) is 11.8. The Bertz CT molecular complexity index is 522. The summed E-state index contributed by atoms with van der Waals surface area (Å²) in [4.78, 5) is 4.39. The highest BCUT2D eigenvalue weighted by Crippen LogP contribution is 2.27. The van der Waals surface area contributed by atoms with Gasteiger partial charge < -0.3 is 14.6 Å². The molecule has 0 aliphatic carbocycles. The minimum absolute atomic E-state index is 0.198. The van der Waals surface area contributed by atoms with Crippen molar-refractivity contribution in [2.45, 2.75) is 19.4 Å². The monoisotopic (exact) mass is 259 g/mol. The van der Waals surface area contributed by atoms with Gasteiger partial charge in [-0.25, -0.2) is 4.98 Å². The topological polar surface area (TPSA) is 39.1 Å². The van der Waals surface area contributed by atoms with E-state index in [1.54, 1.807) is 0 Å². The smallest absolute Gasteiger partial charge is 0.124 e. The SMILES string of the molecule is CCOc1ccccc1C(Cc1nccn1C)NC. The minimum atomic E-state index is 0.198. The van der Waals surface area contributed by atoms with Gasteiger partial charge >= 0.3 is 0 Å². The predicted molar refractivity (Wildman–Crippen MR) is 76.3 cm³/mol. The molecule has 1 aromatic heterocycles. The van der Waals surface area contributed by atoms with Gasteiger partial charge in [0.15, 0.2) is 0 Å². The summed E-state index contributed by atoms with van der Waals surface area (Å²) in [6.45, 7) is 2.68. The molecule has 2 rings (SSSR count). The van der Waals surface area contributed by atoms with Gasteiger partial charge in [0.1, 0.15) is 11.6 Å². The van der Waals surface area contributed by atoms with E-state index in [1.807, 2.05) is 56.2 Å². The molecule has 1 unspecified atom stereocenters. The molecular formula is C15H21N3O. The molecule has 0 radical (unpaired) electrons. The summed E-state index contributed by atoms with van der Waals surface area (Å²) >= 11 is 0. The quantitative estimate of drug-likeness (QED) is 0.865. The summed E-state index contributed by atoms with van der Waals surface area (Å²) in [6.07, 6.45) is 4.64. The Labute approximate surface area is 114 Å². The van der Waals surface area contributed by atoms with Crippen LogP contribution in [-0.4, -0.2) is 23.2 Å². The average Bonchev–Trinajstić information content (AvgIpc) is 2.83. The molecule has 1 atom stereocenters. The fraction of sp³-hybridized carbons (Fsp3) is 0.400. The van der Waals surface area contributed by atoms with E-state index >= 15 is 0 Å². The zero-order valence-electron chi connectivity index (χ0n) is 11.8. The maximum absolute atomic E-state index is 5.70. The normalized spacial score (nSPS) is 12.4. The van der Waals surface area contributed by atoms with Crippen molar-refractivity contribution in [1.82, 2.24) is 14.9 Å². The van der Waals surface area contributed by atoms with Crippen molar-refractivity contribution in [3.63, 3.8) is 0 Å². The summed E-state index contributed by atoms with van der Waals surface area (Å²) in [5, 5.41) is 3.35. The molecule has 0 saturated heterocycles. The third-order valence-corrected chi connectivity index (χ3v) is 3.25. The Morgan fingerprint density at radius 1 is 1.37 bits per heavy atom.